The Morgan fingerprint density at radius 2 is 1.58 bits per heavy atom. The van der Waals surface area contributed by atoms with Gasteiger partial charge in [0, 0.05) is 0 Å². The molecule has 0 aliphatic heterocycles. The average molecular weight is 348 g/mol. The van der Waals surface area contributed by atoms with E-state index in [0.29, 0.717) is 0 Å². The second kappa shape index (κ2) is 10.5. The van der Waals surface area contributed by atoms with Crippen LogP contribution < -0.4 is 21.7 Å². The molecule has 0 aliphatic rings. The lowest BCUT2D eigenvalue weighted by atomic mass is 10.0. The van der Waals surface area contributed by atoms with E-state index in [-0.39, 0.29) is 0 Å². The van der Waals surface area contributed by atoms with Gasteiger partial charge in [-0.25, -0.2) is 4.79 Å². The molecular weight excluding hydrogens is 324 g/mol. The Bertz CT molecular complexity index is 469. The molecule has 0 aromatic rings. The minimum Gasteiger partial charge on any atom is -0.480 e. The Hall–Kier alpha value is -2.24. The molecular formula is C13H24N4O7. The smallest absolute Gasteiger partial charge is 0.326 e. The number of carbonyl (C=O) groups is 4. The highest BCUT2D eigenvalue weighted by Crippen LogP contribution is 2.02. The predicted octanol–water partition coefficient (Wildman–Crippen LogP) is -3.88. The zero-order valence-corrected chi connectivity index (χ0v) is 13.5. The molecule has 8 N–H and O–H groups in total. The van der Waals surface area contributed by atoms with Crippen molar-refractivity contribution in [2.75, 3.05) is 19.8 Å². The van der Waals surface area contributed by atoms with Gasteiger partial charge in [0.1, 0.15) is 18.1 Å². The summed E-state index contributed by atoms with van der Waals surface area (Å²) >= 11 is 0. The van der Waals surface area contributed by atoms with Crippen LogP contribution in [0.5, 0.6) is 0 Å². The maximum Gasteiger partial charge on any atom is 0.326 e. The standard InChI is InChI=1S/C13H24N4O7/c1-6(2)10(13(23)24)17-12(22)8(5-19)16-9(20)3-15-11(21)7(14)4-18/h6-8,10,18-19H,3-5,14H2,1-2H3,(H,15,21)(H,16,20)(H,17,22)(H,23,24). The van der Waals surface area contributed by atoms with Gasteiger partial charge in [0.25, 0.3) is 0 Å². The van der Waals surface area contributed by atoms with Crippen LogP contribution in [0.15, 0.2) is 0 Å². The molecule has 3 atom stereocenters. The summed E-state index contributed by atoms with van der Waals surface area (Å²) in [5.41, 5.74) is 5.24. The number of nitrogens with two attached hydrogens (primary N) is 1. The first-order chi connectivity index (χ1) is 11.1. The van der Waals surface area contributed by atoms with Gasteiger partial charge in [-0.3, -0.25) is 14.4 Å². The number of carboxylic acids is 1. The van der Waals surface area contributed by atoms with Crippen LogP contribution in [0, 0.1) is 5.92 Å². The first-order valence-electron chi connectivity index (χ1n) is 7.21. The Labute approximate surface area is 138 Å². The Morgan fingerprint density at radius 3 is 2.00 bits per heavy atom. The van der Waals surface area contributed by atoms with E-state index in [4.69, 9.17) is 15.9 Å². The zero-order chi connectivity index (χ0) is 18.9. The van der Waals surface area contributed by atoms with E-state index >= 15 is 0 Å². The number of aliphatic carboxylic acids is 1. The first-order valence-corrected chi connectivity index (χ1v) is 7.21. The number of hydrogen-bond acceptors (Lipinski definition) is 7. The number of amides is 3. The van der Waals surface area contributed by atoms with Crippen LogP contribution in [0.3, 0.4) is 0 Å². The number of aliphatic hydroxyl groups is 2. The third-order valence-electron chi connectivity index (χ3n) is 3.02. The van der Waals surface area contributed by atoms with E-state index in [9.17, 15) is 24.3 Å². The van der Waals surface area contributed by atoms with E-state index in [0.717, 1.165) is 0 Å². The van der Waals surface area contributed by atoms with Crippen LogP contribution in [-0.4, -0.2) is 76.9 Å². The van der Waals surface area contributed by atoms with E-state index < -0.39 is 67.5 Å². The van der Waals surface area contributed by atoms with Crippen LogP contribution in [-0.2, 0) is 19.2 Å². The van der Waals surface area contributed by atoms with Crippen LogP contribution in [0.1, 0.15) is 13.8 Å². The molecule has 0 aromatic heterocycles. The third-order valence-corrected chi connectivity index (χ3v) is 3.02. The van der Waals surface area contributed by atoms with Crippen molar-refractivity contribution in [3.63, 3.8) is 0 Å². The summed E-state index contributed by atoms with van der Waals surface area (Å²) in [7, 11) is 0. The third kappa shape index (κ3) is 7.35. The summed E-state index contributed by atoms with van der Waals surface area (Å²) in [6, 6.07) is -3.73. The molecule has 11 heteroatoms. The van der Waals surface area contributed by atoms with E-state index in [1.807, 2.05) is 0 Å². The molecule has 0 spiro atoms. The van der Waals surface area contributed by atoms with Crippen molar-refractivity contribution >= 4 is 23.7 Å². The highest BCUT2D eigenvalue weighted by atomic mass is 16.4. The molecule has 3 amide bonds. The Balaban J connectivity index is 4.58. The van der Waals surface area contributed by atoms with E-state index in [1.54, 1.807) is 13.8 Å². The van der Waals surface area contributed by atoms with Gasteiger partial charge in [0.05, 0.1) is 19.8 Å². The second-order valence-corrected chi connectivity index (χ2v) is 5.38. The molecule has 0 radical (unpaired) electrons. The van der Waals surface area contributed by atoms with Gasteiger partial charge >= 0.3 is 5.97 Å². The summed E-state index contributed by atoms with van der Waals surface area (Å²) in [4.78, 5) is 45.9. The van der Waals surface area contributed by atoms with Crippen LogP contribution in [0.2, 0.25) is 0 Å². The van der Waals surface area contributed by atoms with Gasteiger partial charge in [0.2, 0.25) is 17.7 Å². The molecule has 0 fully saturated rings. The van der Waals surface area contributed by atoms with Crippen molar-refractivity contribution in [2.24, 2.45) is 11.7 Å². The van der Waals surface area contributed by atoms with Crippen molar-refractivity contribution in [1.82, 2.24) is 16.0 Å². The summed E-state index contributed by atoms with van der Waals surface area (Å²) in [5, 5.41) is 33.4. The highest BCUT2D eigenvalue weighted by molar-refractivity contribution is 5.92. The van der Waals surface area contributed by atoms with Crippen LogP contribution in [0.25, 0.3) is 0 Å². The van der Waals surface area contributed by atoms with Crippen LogP contribution in [0.4, 0.5) is 0 Å². The van der Waals surface area contributed by atoms with Gasteiger partial charge in [0.15, 0.2) is 0 Å². The van der Waals surface area contributed by atoms with Gasteiger partial charge in [-0.2, -0.15) is 0 Å². The Kier molecular flexibility index (Phi) is 9.54. The van der Waals surface area contributed by atoms with Gasteiger partial charge in [-0.1, -0.05) is 13.8 Å². The summed E-state index contributed by atoms with van der Waals surface area (Å²) in [5.74, 6) is -4.07. The molecule has 138 valence electrons. The molecule has 24 heavy (non-hydrogen) atoms. The molecule has 0 aromatic carbocycles. The molecule has 0 heterocycles. The van der Waals surface area contributed by atoms with Crippen molar-refractivity contribution in [1.29, 1.82) is 0 Å². The average Bonchev–Trinajstić information content (AvgIpc) is 2.53. The minimum absolute atomic E-state index is 0.402. The topological polar surface area (TPSA) is 191 Å². The molecule has 0 saturated carbocycles. The normalized spacial score (nSPS) is 14.4. The van der Waals surface area contributed by atoms with Crippen molar-refractivity contribution in [3.05, 3.63) is 0 Å². The molecule has 0 aliphatic carbocycles. The number of hydrogen-bond donors (Lipinski definition) is 7. The number of carbonyl (C=O) groups excluding carboxylic acids is 3. The van der Waals surface area contributed by atoms with E-state index in [1.165, 1.54) is 0 Å². The second-order valence-electron chi connectivity index (χ2n) is 5.38. The lowest BCUT2D eigenvalue weighted by Crippen LogP contribution is -2.56. The van der Waals surface area contributed by atoms with Crippen molar-refractivity contribution < 1.29 is 34.5 Å². The quantitative estimate of drug-likeness (QED) is 0.208. The number of nitrogens with one attached hydrogen (secondary N) is 3. The largest absolute Gasteiger partial charge is 0.480 e. The maximum absolute atomic E-state index is 11.9. The molecule has 0 rings (SSSR count). The fourth-order valence-electron chi connectivity index (χ4n) is 1.59. The van der Waals surface area contributed by atoms with Crippen molar-refractivity contribution in [2.45, 2.75) is 32.0 Å². The molecule has 3 unspecified atom stereocenters. The molecule has 0 bridgehead atoms. The number of rotatable bonds is 10. The maximum atomic E-state index is 11.9. The minimum atomic E-state index is -1.37. The van der Waals surface area contributed by atoms with Gasteiger partial charge in [-0.05, 0) is 5.92 Å². The SMILES string of the molecule is CC(C)C(NC(=O)C(CO)NC(=O)CNC(=O)C(N)CO)C(=O)O. The fourth-order valence-corrected chi connectivity index (χ4v) is 1.59. The zero-order valence-electron chi connectivity index (χ0n) is 13.5. The fraction of sp³-hybridized carbons (Fsp3) is 0.692. The first kappa shape index (κ1) is 21.8. The monoisotopic (exact) mass is 348 g/mol. The molecule has 11 nitrogen and oxygen atoms in total. The highest BCUT2D eigenvalue weighted by Gasteiger charge is 2.28. The predicted molar refractivity (Wildman–Crippen MR) is 81.5 cm³/mol. The number of aliphatic hydroxyl groups excluding tert-OH is 2. The van der Waals surface area contributed by atoms with Crippen molar-refractivity contribution in [3.8, 4) is 0 Å². The van der Waals surface area contributed by atoms with Gasteiger partial charge < -0.3 is 37.0 Å². The lowest BCUT2D eigenvalue weighted by molar-refractivity contribution is -0.143. The molecule has 0 saturated heterocycles. The summed E-state index contributed by atoms with van der Waals surface area (Å²) < 4.78 is 0. The Morgan fingerprint density at radius 1 is 1.00 bits per heavy atom. The van der Waals surface area contributed by atoms with Crippen LogP contribution >= 0.6 is 0 Å². The summed E-state index contributed by atoms with van der Waals surface area (Å²) in [6.07, 6.45) is 0. The summed E-state index contributed by atoms with van der Waals surface area (Å²) in [6.45, 7) is 1.30. The van der Waals surface area contributed by atoms with E-state index in [2.05, 4.69) is 16.0 Å². The lowest BCUT2D eigenvalue weighted by Gasteiger charge is -2.22. The number of carboxylic acid groups (broad SMARTS) is 1. The van der Waals surface area contributed by atoms with Gasteiger partial charge in [-0.15, -0.1) is 0 Å².